The summed E-state index contributed by atoms with van der Waals surface area (Å²) >= 11 is 0. The number of hydrogen-bond acceptors (Lipinski definition) is 4. The Kier molecular flexibility index (Phi) is 5.66. The minimum Gasteiger partial charge on any atom is -0.248 e. The Balaban J connectivity index is 1.47. The topological polar surface area (TPSA) is 61.4 Å². The number of benzene rings is 3. The maximum absolute atomic E-state index is 4.46. The molecule has 3 aromatic carbocycles. The lowest BCUT2D eigenvalue weighted by Gasteiger charge is -2.09. The van der Waals surface area contributed by atoms with Crippen molar-refractivity contribution in [2.45, 2.75) is 12.6 Å². The number of allylic oxidation sites excluding steroid dienone is 1. The lowest BCUT2D eigenvalue weighted by Crippen LogP contribution is -2.09. The number of rotatable bonds is 7. The van der Waals surface area contributed by atoms with Crippen LogP contribution in [0.2, 0.25) is 0 Å². The standard InChI is InChI=1S/C26H22N6/c1-4-10-21(11-5-1)16-17-26(32-20-24(27-30-32)23-14-8-3-9-15-23)25-19-31(29-28-25)18-22-12-6-2-7-13-22/h1-17,19-20,26H,18H2/b17-16+. The van der Waals surface area contributed by atoms with Crippen molar-refractivity contribution >= 4 is 6.08 Å². The van der Waals surface area contributed by atoms with Crippen molar-refractivity contribution in [2.75, 3.05) is 0 Å². The molecule has 0 fully saturated rings. The fourth-order valence-electron chi connectivity index (χ4n) is 3.54. The zero-order valence-corrected chi connectivity index (χ0v) is 17.4. The quantitative estimate of drug-likeness (QED) is 0.378. The van der Waals surface area contributed by atoms with Crippen molar-refractivity contribution in [3.05, 3.63) is 126 Å². The van der Waals surface area contributed by atoms with E-state index in [1.807, 2.05) is 88.5 Å². The van der Waals surface area contributed by atoms with Gasteiger partial charge in [-0.3, -0.25) is 0 Å². The van der Waals surface area contributed by atoms with Gasteiger partial charge in [-0.15, -0.1) is 10.2 Å². The Hall–Kier alpha value is -4.32. The molecule has 2 heterocycles. The number of aromatic nitrogens is 6. The molecule has 0 saturated carbocycles. The summed E-state index contributed by atoms with van der Waals surface area (Å²) in [5.74, 6) is 0. The van der Waals surface area contributed by atoms with Crippen LogP contribution in [0.5, 0.6) is 0 Å². The lowest BCUT2D eigenvalue weighted by molar-refractivity contribution is 0.573. The van der Waals surface area contributed by atoms with Crippen LogP contribution in [-0.2, 0) is 6.54 Å². The zero-order chi connectivity index (χ0) is 21.6. The highest BCUT2D eigenvalue weighted by molar-refractivity contribution is 5.57. The molecule has 2 aromatic heterocycles. The summed E-state index contributed by atoms with van der Waals surface area (Å²) in [5.41, 5.74) is 4.93. The van der Waals surface area contributed by atoms with Gasteiger partial charge >= 0.3 is 0 Å². The number of nitrogens with zero attached hydrogens (tertiary/aromatic N) is 6. The fraction of sp³-hybridized carbons (Fsp3) is 0.0769. The second kappa shape index (κ2) is 9.22. The zero-order valence-electron chi connectivity index (χ0n) is 17.4. The van der Waals surface area contributed by atoms with Crippen LogP contribution in [0, 0.1) is 0 Å². The second-order valence-electron chi connectivity index (χ2n) is 7.49. The van der Waals surface area contributed by atoms with Gasteiger partial charge in [0.05, 0.1) is 18.9 Å². The van der Waals surface area contributed by atoms with Crippen LogP contribution < -0.4 is 0 Å². The largest absolute Gasteiger partial charge is 0.248 e. The maximum atomic E-state index is 4.46. The summed E-state index contributed by atoms with van der Waals surface area (Å²) in [4.78, 5) is 0. The van der Waals surface area contributed by atoms with Gasteiger partial charge in [0.2, 0.25) is 0 Å². The molecule has 0 radical (unpaired) electrons. The van der Waals surface area contributed by atoms with E-state index in [9.17, 15) is 0 Å². The third kappa shape index (κ3) is 4.54. The molecule has 5 aromatic rings. The molecule has 0 spiro atoms. The van der Waals surface area contributed by atoms with E-state index in [1.54, 1.807) is 0 Å². The van der Waals surface area contributed by atoms with Gasteiger partial charge in [0, 0.05) is 5.56 Å². The van der Waals surface area contributed by atoms with Crippen molar-refractivity contribution in [3.63, 3.8) is 0 Å². The second-order valence-corrected chi connectivity index (χ2v) is 7.49. The lowest BCUT2D eigenvalue weighted by atomic mass is 10.1. The third-order valence-corrected chi connectivity index (χ3v) is 5.18. The molecule has 6 nitrogen and oxygen atoms in total. The fourth-order valence-corrected chi connectivity index (χ4v) is 3.54. The molecule has 0 aliphatic rings. The molecule has 156 valence electrons. The minimum atomic E-state index is -0.232. The SMILES string of the molecule is C(=C\C(c1cn(Cc2ccccc2)nn1)n1cc(-c2ccccc2)nn1)/c1ccccc1. The van der Waals surface area contributed by atoms with Crippen LogP contribution in [0.1, 0.15) is 22.9 Å². The van der Waals surface area contributed by atoms with Crippen LogP contribution in [0.4, 0.5) is 0 Å². The first-order valence-electron chi connectivity index (χ1n) is 10.5. The van der Waals surface area contributed by atoms with E-state index in [-0.39, 0.29) is 6.04 Å². The highest BCUT2D eigenvalue weighted by Crippen LogP contribution is 2.22. The van der Waals surface area contributed by atoms with Gasteiger partial charge < -0.3 is 0 Å². The summed E-state index contributed by atoms with van der Waals surface area (Å²) < 4.78 is 3.68. The molecule has 1 unspecified atom stereocenters. The van der Waals surface area contributed by atoms with E-state index >= 15 is 0 Å². The van der Waals surface area contributed by atoms with Crippen molar-refractivity contribution in [1.82, 2.24) is 30.0 Å². The Morgan fingerprint density at radius 1 is 0.719 bits per heavy atom. The molecule has 32 heavy (non-hydrogen) atoms. The van der Waals surface area contributed by atoms with Crippen LogP contribution in [0.25, 0.3) is 17.3 Å². The smallest absolute Gasteiger partial charge is 0.118 e. The maximum Gasteiger partial charge on any atom is 0.118 e. The predicted molar refractivity (Wildman–Crippen MR) is 125 cm³/mol. The van der Waals surface area contributed by atoms with Gasteiger partial charge in [-0.05, 0) is 11.1 Å². The first kappa shape index (κ1) is 19.6. The molecule has 0 N–H and O–H groups in total. The molecule has 0 aliphatic heterocycles. The van der Waals surface area contributed by atoms with E-state index in [2.05, 4.69) is 57.0 Å². The number of hydrogen-bond donors (Lipinski definition) is 0. The molecule has 6 heteroatoms. The average Bonchev–Trinajstić information content (AvgIpc) is 3.52. The first-order valence-corrected chi connectivity index (χ1v) is 10.5. The summed E-state index contributed by atoms with van der Waals surface area (Å²) in [6.07, 6.45) is 8.07. The van der Waals surface area contributed by atoms with Crippen molar-refractivity contribution in [1.29, 1.82) is 0 Å². The summed E-state index contributed by atoms with van der Waals surface area (Å²) in [7, 11) is 0. The van der Waals surface area contributed by atoms with Gasteiger partial charge in [-0.1, -0.05) is 114 Å². The van der Waals surface area contributed by atoms with Crippen LogP contribution in [-0.4, -0.2) is 30.0 Å². The van der Waals surface area contributed by atoms with E-state index in [0.717, 1.165) is 22.5 Å². The molecule has 0 bridgehead atoms. The molecule has 1 atom stereocenters. The third-order valence-electron chi connectivity index (χ3n) is 5.18. The summed E-state index contributed by atoms with van der Waals surface area (Å²) in [5, 5.41) is 17.6. The normalized spacial score (nSPS) is 12.2. The molecule has 0 amide bonds. The Morgan fingerprint density at radius 2 is 1.41 bits per heavy atom. The van der Waals surface area contributed by atoms with Crippen LogP contribution in [0.15, 0.2) is 109 Å². The van der Waals surface area contributed by atoms with E-state index < -0.39 is 0 Å². The summed E-state index contributed by atoms with van der Waals surface area (Å²) in [6, 6.07) is 30.2. The highest BCUT2D eigenvalue weighted by Gasteiger charge is 2.17. The monoisotopic (exact) mass is 418 g/mol. The van der Waals surface area contributed by atoms with Gasteiger partial charge in [-0.25, -0.2) is 9.36 Å². The van der Waals surface area contributed by atoms with Crippen LogP contribution in [0.3, 0.4) is 0 Å². The molecule has 0 aliphatic carbocycles. The minimum absolute atomic E-state index is 0.232. The Labute approximate surface area is 186 Å². The average molecular weight is 419 g/mol. The van der Waals surface area contributed by atoms with Crippen LogP contribution >= 0.6 is 0 Å². The van der Waals surface area contributed by atoms with Crippen molar-refractivity contribution in [3.8, 4) is 11.3 Å². The molecular weight excluding hydrogens is 396 g/mol. The molecule has 0 saturated heterocycles. The van der Waals surface area contributed by atoms with Gasteiger partial charge in [0.15, 0.2) is 0 Å². The Bertz CT molecular complexity index is 1290. The van der Waals surface area contributed by atoms with Gasteiger partial charge in [-0.2, -0.15) is 0 Å². The van der Waals surface area contributed by atoms with Crippen molar-refractivity contribution < 1.29 is 0 Å². The van der Waals surface area contributed by atoms with Gasteiger partial charge in [0.25, 0.3) is 0 Å². The van der Waals surface area contributed by atoms with Gasteiger partial charge in [0.1, 0.15) is 17.4 Å². The van der Waals surface area contributed by atoms with E-state index in [4.69, 9.17) is 0 Å². The van der Waals surface area contributed by atoms with E-state index in [1.165, 1.54) is 5.56 Å². The first-order chi connectivity index (χ1) is 15.8. The predicted octanol–water partition coefficient (Wildman–Crippen LogP) is 4.89. The van der Waals surface area contributed by atoms with E-state index in [0.29, 0.717) is 6.54 Å². The molecular formula is C26H22N6. The van der Waals surface area contributed by atoms with Crippen molar-refractivity contribution in [2.24, 2.45) is 0 Å². The molecule has 5 rings (SSSR count). The highest BCUT2D eigenvalue weighted by atomic mass is 15.5. The summed E-state index contributed by atoms with van der Waals surface area (Å²) in [6.45, 7) is 0.662. The Morgan fingerprint density at radius 3 is 2.16 bits per heavy atom.